The first-order chi connectivity index (χ1) is 39.3. The highest BCUT2D eigenvalue weighted by Crippen LogP contribution is 2.50. The fraction of sp³-hybridized carbons (Fsp3) is 0.412. The predicted octanol–water partition coefficient (Wildman–Crippen LogP) is 15.8. The number of nitrogens with one attached hydrogen (secondary N) is 2. The van der Waals surface area contributed by atoms with Gasteiger partial charge in [-0.1, -0.05) is 60.7 Å². The standard InChI is InChI=1S/2C34H37N3O3/c2*1-39-34(38)30-15-12-24(20-32(30)40-27-19-25-16-17-35-33(25)36-21-27)22-10-13-26(14-11-22)37-18-4-7-31(37)29-6-3-2-5-28(29)23-8-9-23/h2*2-3,5-6,12,15-17,19-23,26,31H,4,7-11,13-14,18H2,1H3,(H,35,36)/t2*22?,26?,31-/m00/s1. The van der Waals surface area contributed by atoms with Gasteiger partial charge < -0.3 is 28.9 Å². The number of benzene rings is 4. The van der Waals surface area contributed by atoms with Crippen LogP contribution in [0.15, 0.2) is 134 Å². The average Bonchev–Trinajstić information content (AvgIpc) is 4.36. The second-order valence-corrected chi connectivity index (χ2v) is 23.5. The van der Waals surface area contributed by atoms with E-state index in [4.69, 9.17) is 18.9 Å². The van der Waals surface area contributed by atoms with Gasteiger partial charge in [-0.2, -0.15) is 0 Å². The number of aromatic nitrogens is 4. The van der Waals surface area contributed by atoms with Crippen molar-refractivity contribution in [1.82, 2.24) is 29.7 Å². The van der Waals surface area contributed by atoms with Gasteiger partial charge in [0.2, 0.25) is 0 Å². The monoisotopic (exact) mass is 1070 g/mol. The fourth-order valence-electron chi connectivity index (χ4n) is 14.3. The molecule has 4 saturated carbocycles. The molecule has 0 radical (unpaired) electrons. The Morgan fingerprint density at radius 1 is 0.463 bits per heavy atom. The minimum absolute atomic E-state index is 0.396. The molecule has 6 fully saturated rings. The summed E-state index contributed by atoms with van der Waals surface area (Å²) in [6.45, 7) is 2.43. The Kier molecular flexibility index (Phi) is 15.0. The van der Waals surface area contributed by atoms with E-state index in [1.54, 1.807) is 34.6 Å². The fourth-order valence-corrected chi connectivity index (χ4v) is 14.3. The maximum atomic E-state index is 12.6. The molecule has 0 amide bonds. The zero-order valence-electron chi connectivity index (χ0n) is 46.3. The number of fused-ring (bicyclic) bond motifs is 2. The van der Waals surface area contributed by atoms with Gasteiger partial charge in [0.15, 0.2) is 0 Å². The third kappa shape index (κ3) is 11.0. The molecule has 12 heteroatoms. The van der Waals surface area contributed by atoms with Crippen molar-refractivity contribution in [2.45, 2.75) is 151 Å². The highest BCUT2D eigenvalue weighted by Gasteiger charge is 2.39. The minimum Gasteiger partial charge on any atom is -0.465 e. The summed E-state index contributed by atoms with van der Waals surface area (Å²) in [5.74, 6) is 3.96. The maximum absolute atomic E-state index is 12.6. The number of pyridine rings is 2. The first-order valence-corrected chi connectivity index (χ1v) is 29.7. The van der Waals surface area contributed by atoms with Crippen LogP contribution >= 0.6 is 0 Å². The van der Waals surface area contributed by atoms with Crippen molar-refractivity contribution in [2.24, 2.45) is 0 Å². The van der Waals surface area contributed by atoms with Gasteiger partial charge in [-0.3, -0.25) is 9.80 Å². The third-order valence-electron chi connectivity index (χ3n) is 18.6. The van der Waals surface area contributed by atoms with Crippen LogP contribution in [0.25, 0.3) is 22.1 Å². The molecular formula is C68H74N6O6. The molecule has 6 aliphatic rings. The molecule has 12 nitrogen and oxygen atoms in total. The van der Waals surface area contributed by atoms with Crippen molar-refractivity contribution in [2.75, 3.05) is 27.3 Å². The average molecular weight is 1070 g/mol. The van der Waals surface area contributed by atoms with Crippen molar-refractivity contribution in [3.8, 4) is 23.0 Å². The van der Waals surface area contributed by atoms with E-state index in [-0.39, 0.29) is 0 Å². The first-order valence-electron chi connectivity index (χ1n) is 29.7. The van der Waals surface area contributed by atoms with Crippen LogP contribution in [0.1, 0.15) is 193 Å². The van der Waals surface area contributed by atoms with Crippen molar-refractivity contribution in [3.05, 3.63) is 178 Å². The molecule has 6 heterocycles. The zero-order valence-corrected chi connectivity index (χ0v) is 46.3. The molecule has 2 N–H and O–H groups in total. The summed E-state index contributed by atoms with van der Waals surface area (Å²) in [6.07, 6.45) is 27.0. The third-order valence-corrected chi connectivity index (χ3v) is 18.6. The number of ether oxygens (including phenoxy) is 4. The van der Waals surface area contributed by atoms with Gasteiger partial charge in [0.05, 0.1) is 26.6 Å². The summed E-state index contributed by atoms with van der Waals surface area (Å²) < 4.78 is 22.6. The SMILES string of the molecule is COC(=O)c1ccc(C2CCC(N3CCC[C@H]3c3ccccc3C3CC3)CC2)cc1Oc1cnc2[nH]ccc2c1.COC(=O)c1ccc(C2CCC(N3CCC[C@H]3c3ccccc3C3CC3)CC2)cc1Oc1cnc2[nH]ccc2c1. The summed E-state index contributed by atoms with van der Waals surface area (Å²) in [5.41, 5.74) is 11.3. The highest BCUT2D eigenvalue weighted by molar-refractivity contribution is 5.93. The molecule has 412 valence electrons. The zero-order chi connectivity index (χ0) is 54.1. The van der Waals surface area contributed by atoms with E-state index < -0.39 is 11.9 Å². The van der Waals surface area contributed by atoms with E-state index in [0.717, 1.165) is 59.6 Å². The second-order valence-electron chi connectivity index (χ2n) is 23.5. The van der Waals surface area contributed by atoms with Crippen LogP contribution in [0.4, 0.5) is 0 Å². The quantitative estimate of drug-likeness (QED) is 0.101. The molecule has 2 atom stereocenters. The van der Waals surface area contributed by atoms with E-state index in [1.807, 2.05) is 60.9 Å². The molecule has 0 spiro atoms. The van der Waals surface area contributed by atoms with Crippen LogP contribution in [-0.2, 0) is 9.47 Å². The van der Waals surface area contributed by atoms with Crippen LogP contribution in [0.5, 0.6) is 23.0 Å². The Morgan fingerprint density at radius 3 is 1.26 bits per heavy atom. The Bertz CT molecular complexity index is 3260. The van der Waals surface area contributed by atoms with Crippen molar-refractivity contribution < 1.29 is 28.5 Å². The van der Waals surface area contributed by atoms with Gasteiger partial charge in [-0.25, -0.2) is 19.6 Å². The maximum Gasteiger partial charge on any atom is 0.341 e. The Hall–Kier alpha value is -7.28. The number of hydrogen-bond acceptors (Lipinski definition) is 10. The van der Waals surface area contributed by atoms with Gasteiger partial charge in [-0.05, 0) is 221 Å². The van der Waals surface area contributed by atoms with Crippen LogP contribution in [0, 0.1) is 0 Å². The first kappa shape index (κ1) is 52.1. The number of H-pyrrole nitrogens is 2. The van der Waals surface area contributed by atoms with Crippen LogP contribution in [0.3, 0.4) is 0 Å². The molecule has 8 aromatic rings. The molecular weight excluding hydrogens is 997 g/mol. The lowest BCUT2D eigenvalue weighted by atomic mass is 9.80. The number of rotatable bonds is 14. The number of carbonyl (C=O) groups is 2. The lowest BCUT2D eigenvalue weighted by Gasteiger charge is -2.39. The highest BCUT2D eigenvalue weighted by atomic mass is 16.5. The Morgan fingerprint density at radius 2 is 0.863 bits per heavy atom. The second kappa shape index (κ2) is 23.1. The Labute approximate surface area is 469 Å². The van der Waals surface area contributed by atoms with Crippen LogP contribution in [0.2, 0.25) is 0 Å². The number of nitrogens with zero attached hydrogens (tertiary/aromatic N) is 4. The molecule has 2 saturated heterocycles. The van der Waals surface area contributed by atoms with Gasteiger partial charge >= 0.3 is 11.9 Å². The van der Waals surface area contributed by atoms with Gasteiger partial charge in [0, 0.05) is 47.3 Å². The van der Waals surface area contributed by atoms with Gasteiger partial charge in [0.25, 0.3) is 0 Å². The largest absolute Gasteiger partial charge is 0.465 e. The van der Waals surface area contributed by atoms with E-state index in [9.17, 15) is 9.59 Å². The van der Waals surface area contributed by atoms with Gasteiger partial charge in [0.1, 0.15) is 45.4 Å². The summed E-state index contributed by atoms with van der Waals surface area (Å²) in [6, 6.07) is 40.7. The molecule has 0 unspecified atom stereocenters. The van der Waals surface area contributed by atoms with Crippen molar-refractivity contribution in [1.29, 1.82) is 0 Å². The van der Waals surface area contributed by atoms with E-state index in [0.29, 0.717) is 70.1 Å². The number of aromatic amines is 2. The molecule has 0 bridgehead atoms. The summed E-state index contributed by atoms with van der Waals surface area (Å²) in [7, 11) is 2.81. The van der Waals surface area contributed by atoms with Crippen molar-refractivity contribution >= 4 is 34.0 Å². The number of methoxy groups -OCH3 is 2. The molecule has 4 aromatic carbocycles. The molecule has 14 rings (SSSR count). The number of carbonyl (C=O) groups excluding carboxylic acids is 2. The molecule has 2 aliphatic heterocycles. The smallest absolute Gasteiger partial charge is 0.341 e. The molecule has 80 heavy (non-hydrogen) atoms. The predicted molar refractivity (Wildman–Crippen MR) is 312 cm³/mol. The summed E-state index contributed by atoms with van der Waals surface area (Å²) in [5, 5.41) is 1.93. The molecule has 4 aromatic heterocycles. The Balaban J connectivity index is 0.000000151. The van der Waals surface area contributed by atoms with Crippen LogP contribution in [-0.4, -0.2) is 81.1 Å². The summed E-state index contributed by atoms with van der Waals surface area (Å²) >= 11 is 0. The number of esters is 2. The lowest BCUT2D eigenvalue weighted by molar-refractivity contribution is 0.0588. The minimum atomic E-state index is -0.396. The van der Waals surface area contributed by atoms with E-state index >= 15 is 0 Å². The summed E-state index contributed by atoms with van der Waals surface area (Å²) in [4.78, 5) is 45.9. The topological polar surface area (TPSA) is 135 Å². The number of hydrogen-bond donors (Lipinski definition) is 2. The molecule has 4 aliphatic carbocycles. The van der Waals surface area contributed by atoms with Crippen LogP contribution < -0.4 is 9.47 Å². The lowest BCUT2D eigenvalue weighted by Crippen LogP contribution is -2.37. The number of likely N-dealkylation sites (tertiary alicyclic amines) is 2. The van der Waals surface area contributed by atoms with Crippen molar-refractivity contribution in [3.63, 3.8) is 0 Å². The van der Waals surface area contributed by atoms with Gasteiger partial charge in [-0.15, -0.1) is 0 Å². The normalized spacial score (nSPS) is 23.4. The van der Waals surface area contributed by atoms with E-state index in [1.165, 1.54) is 115 Å². The van der Waals surface area contributed by atoms with E-state index in [2.05, 4.69) is 90.4 Å².